The summed E-state index contributed by atoms with van der Waals surface area (Å²) in [4.78, 5) is 0. The Morgan fingerprint density at radius 1 is 1.46 bits per heavy atom. The van der Waals surface area contributed by atoms with Crippen molar-refractivity contribution in [1.82, 2.24) is 0 Å². The van der Waals surface area contributed by atoms with Gasteiger partial charge in [-0.05, 0) is 25.2 Å². The second-order valence-electron chi connectivity index (χ2n) is 3.73. The van der Waals surface area contributed by atoms with E-state index in [-0.39, 0.29) is 0 Å². The van der Waals surface area contributed by atoms with E-state index in [0.29, 0.717) is 10.9 Å². The lowest BCUT2D eigenvalue weighted by Crippen LogP contribution is -2.44. The number of hydrogen-bond donors (Lipinski definition) is 0. The summed E-state index contributed by atoms with van der Waals surface area (Å²) in [5.74, 6) is 1.11. The van der Waals surface area contributed by atoms with Crippen molar-refractivity contribution in [2.24, 2.45) is 0 Å². The fraction of sp³-hybridized carbons (Fsp3) is 0.455. The van der Waals surface area contributed by atoms with Gasteiger partial charge >= 0.3 is 0 Å². The van der Waals surface area contributed by atoms with Gasteiger partial charge in [0.15, 0.2) is 0 Å². The van der Waals surface area contributed by atoms with Gasteiger partial charge in [-0.1, -0.05) is 18.2 Å². The summed E-state index contributed by atoms with van der Waals surface area (Å²) in [5.41, 5.74) is 1.42. The van der Waals surface area contributed by atoms with Crippen LogP contribution in [0.1, 0.15) is 18.4 Å². The van der Waals surface area contributed by atoms with Crippen LogP contribution in [-0.4, -0.2) is 12.4 Å². The maximum absolute atomic E-state index is 5.88. The predicted octanol–water partition coefficient (Wildman–Crippen LogP) is 2.80. The Morgan fingerprint density at radius 3 is 3.00 bits per heavy atom. The first-order chi connectivity index (χ1) is 6.37. The Hall–Kier alpha value is -0.630. The molecule has 1 aromatic rings. The zero-order valence-corrected chi connectivity index (χ0v) is 8.43. The quantitative estimate of drug-likeness (QED) is 0.676. The van der Waals surface area contributed by atoms with E-state index in [1.807, 2.05) is 11.8 Å². The molecule has 0 spiro atoms. The van der Waals surface area contributed by atoms with Crippen molar-refractivity contribution in [3.8, 4) is 5.75 Å². The zero-order chi connectivity index (χ0) is 8.89. The Labute approximate surface area is 82.5 Å². The van der Waals surface area contributed by atoms with Crippen molar-refractivity contribution in [1.29, 1.82) is 0 Å². The van der Waals surface area contributed by atoms with Crippen LogP contribution in [0.5, 0.6) is 5.75 Å². The van der Waals surface area contributed by atoms with Crippen LogP contribution in [0.25, 0.3) is 0 Å². The normalized spacial score (nSPS) is 34.4. The van der Waals surface area contributed by atoms with Crippen LogP contribution in [0.3, 0.4) is 0 Å². The third-order valence-corrected chi connectivity index (χ3v) is 4.69. The second-order valence-corrected chi connectivity index (χ2v) is 4.87. The highest BCUT2D eigenvalue weighted by atomic mass is 32.2. The van der Waals surface area contributed by atoms with E-state index in [9.17, 15) is 0 Å². The molecule has 2 aliphatic rings. The molecule has 1 aliphatic carbocycles. The van der Waals surface area contributed by atoms with Crippen LogP contribution in [-0.2, 0) is 4.75 Å². The fourth-order valence-electron chi connectivity index (χ4n) is 2.40. The first-order valence-corrected chi connectivity index (χ1v) is 5.90. The van der Waals surface area contributed by atoms with E-state index in [0.717, 1.165) is 5.75 Å². The molecule has 0 radical (unpaired) electrons. The third-order valence-electron chi connectivity index (χ3n) is 3.27. The van der Waals surface area contributed by atoms with Gasteiger partial charge in [-0.25, -0.2) is 0 Å². The minimum atomic E-state index is 0.302. The molecule has 0 amide bonds. The van der Waals surface area contributed by atoms with Crippen molar-refractivity contribution in [3.63, 3.8) is 0 Å². The van der Waals surface area contributed by atoms with Gasteiger partial charge in [0.05, 0.1) is 4.75 Å². The topological polar surface area (TPSA) is 9.23 Å². The molecule has 0 N–H and O–H groups in total. The molecule has 1 heterocycles. The smallest absolute Gasteiger partial charge is 0.124 e. The molecular formula is C11H12OS. The second kappa shape index (κ2) is 2.44. The van der Waals surface area contributed by atoms with Crippen molar-refractivity contribution in [2.75, 3.05) is 6.26 Å². The highest BCUT2D eigenvalue weighted by Gasteiger charge is 2.55. The molecule has 68 valence electrons. The standard InChI is InChI=1S/C11H12OS/c1-13-11-7-6-10(11)12-9-5-3-2-4-8(9)11/h2-5,10H,6-7H2,1H3. The number of thioether (sulfide) groups is 1. The summed E-state index contributed by atoms with van der Waals surface area (Å²) in [6.45, 7) is 0. The Bertz CT molecular complexity index is 346. The fourth-order valence-corrected chi connectivity index (χ4v) is 3.54. The van der Waals surface area contributed by atoms with Gasteiger partial charge in [0.25, 0.3) is 0 Å². The molecule has 1 saturated carbocycles. The maximum Gasteiger partial charge on any atom is 0.124 e. The third kappa shape index (κ3) is 0.798. The minimum Gasteiger partial charge on any atom is -0.488 e. The van der Waals surface area contributed by atoms with Crippen molar-refractivity contribution >= 4 is 11.8 Å². The molecule has 0 bridgehead atoms. The molecule has 1 nitrogen and oxygen atoms in total. The molecule has 1 aromatic carbocycles. The van der Waals surface area contributed by atoms with Crippen LogP contribution in [0.4, 0.5) is 0 Å². The van der Waals surface area contributed by atoms with E-state index < -0.39 is 0 Å². The van der Waals surface area contributed by atoms with Gasteiger partial charge in [-0.3, -0.25) is 0 Å². The van der Waals surface area contributed by atoms with Gasteiger partial charge in [0, 0.05) is 5.56 Å². The van der Waals surface area contributed by atoms with Crippen LogP contribution < -0.4 is 4.74 Å². The molecule has 2 unspecified atom stereocenters. The number of benzene rings is 1. The molecule has 3 rings (SSSR count). The molecule has 0 aromatic heterocycles. The van der Waals surface area contributed by atoms with E-state index in [1.54, 1.807) is 0 Å². The summed E-state index contributed by atoms with van der Waals surface area (Å²) in [5, 5.41) is 0. The van der Waals surface area contributed by atoms with E-state index in [1.165, 1.54) is 18.4 Å². The lowest BCUT2D eigenvalue weighted by atomic mass is 9.77. The minimum absolute atomic E-state index is 0.302. The van der Waals surface area contributed by atoms with Gasteiger partial charge < -0.3 is 4.74 Å². The molecule has 2 heteroatoms. The maximum atomic E-state index is 5.88. The Balaban J connectivity index is 2.15. The van der Waals surface area contributed by atoms with Crippen LogP contribution in [0, 0.1) is 0 Å². The van der Waals surface area contributed by atoms with Crippen molar-refractivity contribution in [2.45, 2.75) is 23.7 Å². The molecule has 1 fully saturated rings. The molecule has 2 atom stereocenters. The lowest BCUT2D eigenvalue weighted by Gasteiger charge is -2.41. The zero-order valence-electron chi connectivity index (χ0n) is 7.62. The first kappa shape index (κ1) is 7.74. The van der Waals surface area contributed by atoms with Gasteiger partial charge in [0.1, 0.15) is 11.9 Å². The number of rotatable bonds is 1. The predicted molar refractivity (Wildman–Crippen MR) is 55.3 cm³/mol. The van der Waals surface area contributed by atoms with Crippen molar-refractivity contribution < 1.29 is 4.74 Å². The van der Waals surface area contributed by atoms with Gasteiger partial charge in [-0.15, -0.1) is 11.8 Å². The van der Waals surface area contributed by atoms with Gasteiger partial charge in [-0.2, -0.15) is 0 Å². The monoisotopic (exact) mass is 192 g/mol. The van der Waals surface area contributed by atoms with E-state index in [4.69, 9.17) is 4.74 Å². The summed E-state index contributed by atoms with van der Waals surface area (Å²) in [7, 11) is 0. The molecule has 13 heavy (non-hydrogen) atoms. The summed E-state index contributed by atoms with van der Waals surface area (Å²) >= 11 is 1.95. The van der Waals surface area contributed by atoms with Crippen LogP contribution in [0.2, 0.25) is 0 Å². The highest BCUT2D eigenvalue weighted by Crippen LogP contribution is 2.59. The average Bonchev–Trinajstić information content (AvgIpc) is 2.36. The summed E-state index contributed by atoms with van der Waals surface area (Å²) in [6.07, 6.45) is 5.13. The van der Waals surface area contributed by atoms with Crippen LogP contribution >= 0.6 is 11.8 Å². The number of ether oxygens (including phenoxy) is 1. The van der Waals surface area contributed by atoms with E-state index in [2.05, 4.69) is 30.5 Å². The first-order valence-electron chi connectivity index (χ1n) is 4.68. The number of para-hydroxylation sites is 1. The largest absolute Gasteiger partial charge is 0.488 e. The lowest BCUT2D eigenvalue weighted by molar-refractivity contribution is 0.106. The van der Waals surface area contributed by atoms with Gasteiger partial charge in [0.2, 0.25) is 0 Å². The Morgan fingerprint density at radius 2 is 2.31 bits per heavy atom. The molecule has 0 saturated heterocycles. The Kier molecular flexibility index (Phi) is 1.46. The molecular weight excluding hydrogens is 180 g/mol. The van der Waals surface area contributed by atoms with Crippen LogP contribution in [0.15, 0.2) is 24.3 Å². The van der Waals surface area contributed by atoms with E-state index >= 15 is 0 Å². The number of hydrogen-bond acceptors (Lipinski definition) is 2. The average molecular weight is 192 g/mol. The van der Waals surface area contributed by atoms with Crippen molar-refractivity contribution in [3.05, 3.63) is 29.8 Å². The highest BCUT2D eigenvalue weighted by molar-refractivity contribution is 7.99. The number of fused-ring (bicyclic) bond motifs is 3. The summed E-state index contributed by atoms with van der Waals surface area (Å²) in [6, 6.07) is 8.47. The SMILES string of the molecule is CSC12CCC1Oc1ccccc12. The molecule has 1 aliphatic heterocycles. The summed E-state index contributed by atoms with van der Waals surface area (Å²) < 4.78 is 6.18.